The van der Waals surface area contributed by atoms with Crippen molar-refractivity contribution in [2.75, 3.05) is 6.61 Å². The first-order chi connectivity index (χ1) is 13.1. The fourth-order valence-corrected chi connectivity index (χ4v) is 4.49. The van der Waals surface area contributed by atoms with Crippen molar-refractivity contribution in [1.29, 1.82) is 0 Å². The van der Waals surface area contributed by atoms with E-state index in [4.69, 9.17) is 19.2 Å². The topological polar surface area (TPSA) is 72.6 Å². The van der Waals surface area contributed by atoms with Gasteiger partial charge in [-0.2, -0.15) is 0 Å². The van der Waals surface area contributed by atoms with Crippen LogP contribution in [-0.2, 0) is 17.6 Å². The Hall–Kier alpha value is -2.30. The van der Waals surface area contributed by atoms with Crippen LogP contribution in [0.3, 0.4) is 0 Å². The fourth-order valence-electron chi connectivity index (χ4n) is 4.49. The molecule has 0 bridgehead atoms. The monoisotopic (exact) mass is 369 g/mol. The first-order valence-electron chi connectivity index (χ1n) is 10.0. The van der Waals surface area contributed by atoms with Gasteiger partial charge in [0, 0.05) is 12.3 Å². The van der Waals surface area contributed by atoms with E-state index >= 15 is 0 Å². The predicted octanol–water partition coefficient (Wildman–Crippen LogP) is 4.77. The van der Waals surface area contributed by atoms with Crippen LogP contribution in [-0.4, -0.2) is 22.7 Å². The second-order valence-electron chi connectivity index (χ2n) is 7.83. The van der Waals surface area contributed by atoms with Gasteiger partial charge in [0.25, 0.3) is 0 Å². The Kier molecular flexibility index (Phi) is 5.19. The van der Waals surface area contributed by atoms with E-state index in [9.17, 15) is 4.79 Å². The molecule has 2 aliphatic rings. The molecule has 0 aliphatic heterocycles. The molecule has 4 rings (SSSR count). The molecule has 1 fully saturated rings. The van der Waals surface area contributed by atoms with Gasteiger partial charge in [0.2, 0.25) is 0 Å². The summed E-state index contributed by atoms with van der Waals surface area (Å²) in [5, 5.41) is 9.03. The smallest absolute Gasteiger partial charge is 0.303 e. The van der Waals surface area contributed by atoms with Crippen LogP contribution in [0.25, 0.3) is 0 Å². The minimum absolute atomic E-state index is 0.137. The van der Waals surface area contributed by atoms with Crippen molar-refractivity contribution in [1.82, 2.24) is 4.98 Å². The van der Waals surface area contributed by atoms with Crippen LogP contribution < -0.4 is 4.74 Å². The molecule has 2 aliphatic carbocycles. The molecule has 144 valence electrons. The van der Waals surface area contributed by atoms with Crippen LogP contribution in [0.2, 0.25) is 0 Å². The van der Waals surface area contributed by atoms with Crippen molar-refractivity contribution in [2.24, 2.45) is 0 Å². The van der Waals surface area contributed by atoms with Gasteiger partial charge in [0.1, 0.15) is 11.5 Å². The number of oxazole rings is 1. The molecule has 1 heterocycles. The zero-order valence-electron chi connectivity index (χ0n) is 15.9. The highest BCUT2D eigenvalue weighted by molar-refractivity contribution is 5.68. The Morgan fingerprint density at radius 2 is 2.11 bits per heavy atom. The zero-order valence-corrected chi connectivity index (χ0v) is 15.9. The number of aliphatic carboxylic acids is 1. The lowest BCUT2D eigenvalue weighted by Gasteiger charge is -2.10. The highest BCUT2D eigenvalue weighted by Crippen LogP contribution is 2.37. The summed E-state index contributed by atoms with van der Waals surface area (Å²) in [4.78, 5) is 15.7. The fraction of sp³-hybridized carbons (Fsp3) is 0.545. The summed E-state index contributed by atoms with van der Waals surface area (Å²) >= 11 is 0. The summed E-state index contributed by atoms with van der Waals surface area (Å²) in [6.45, 7) is 2.55. The van der Waals surface area contributed by atoms with E-state index < -0.39 is 5.97 Å². The number of ether oxygens (including phenoxy) is 1. The van der Waals surface area contributed by atoms with Gasteiger partial charge in [-0.3, -0.25) is 4.79 Å². The molecule has 0 saturated heterocycles. The quantitative estimate of drug-likeness (QED) is 0.761. The minimum atomic E-state index is -0.729. The number of aryl methyl sites for hydroxylation is 2. The van der Waals surface area contributed by atoms with Gasteiger partial charge in [0.05, 0.1) is 18.7 Å². The van der Waals surface area contributed by atoms with E-state index in [1.165, 1.54) is 36.8 Å². The van der Waals surface area contributed by atoms with E-state index in [2.05, 4.69) is 6.07 Å². The molecular formula is C22H27NO4. The molecule has 5 nitrogen and oxygen atoms in total. The molecule has 1 N–H and O–H groups in total. The Labute approximate surface area is 159 Å². The average molecular weight is 369 g/mol. The van der Waals surface area contributed by atoms with Gasteiger partial charge in [-0.25, -0.2) is 4.98 Å². The van der Waals surface area contributed by atoms with Crippen LogP contribution in [0.4, 0.5) is 0 Å². The van der Waals surface area contributed by atoms with E-state index in [0.717, 1.165) is 42.4 Å². The molecule has 1 aromatic heterocycles. The molecule has 1 unspecified atom stereocenters. The van der Waals surface area contributed by atoms with Crippen LogP contribution in [0.5, 0.6) is 5.75 Å². The van der Waals surface area contributed by atoms with Gasteiger partial charge in [-0.1, -0.05) is 18.9 Å². The Balaban J connectivity index is 1.34. The lowest BCUT2D eigenvalue weighted by atomic mass is 9.98. The molecule has 0 amide bonds. The molecule has 1 aromatic carbocycles. The van der Waals surface area contributed by atoms with E-state index in [-0.39, 0.29) is 12.3 Å². The molecule has 1 saturated carbocycles. The highest BCUT2D eigenvalue weighted by Gasteiger charge is 2.25. The summed E-state index contributed by atoms with van der Waals surface area (Å²) in [7, 11) is 0. The van der Waals surface area contributed by atoms with Crippen LogP contribution >= 0.6 is 0 Å². The first kappa shape index (κ1) is 18.1. The van der Waals surface area contributed by atoms with Gasteiger partial charge >= 0.3 is 5.97 Å². The number of carboxylic acids is 1. The van der Waals surface area contributed by atoms with Crippen LogP contribution in [0.1, 0.15) is 78.8 Å². The minimum Gasteiger partial charge on any atom is -0.493 e. The third-order valence-electron chi connectivity index (χ3n) is 5.96. The largest absolute Gasteiger partial charge is 0.493 e. The second kappa shape index (κ2) is 7.75. The molecule has 2 aromatic rings. The molecular weight excluding hydrogens is 342 g/mol. The Morgan fingerprint density at radius 1 is 1.30 bits per heavy atom. The third kappa shape index (κ3) is 4.02. The van der Waals surface area contributed by atoms with Crippen molar-refractivity contribution in [3.05, 3.63) is 46.7 Å². The number of hydrogen-bond acceptors (Lipinski definition) is 4. The van der Waals surface area contributed by atoms with E-state index in [0.29, 0.717) is 12.5 Å². The lowest BCUT2D eigenvalue weighted by molar-refractivity contribution is -0.137. The van der Waals surface area contributed by atoms with Gasteiger partial charge < -0.3 is 14.3 Å². The summed E-state index contributed by atoms with van der Waals surface area (Å²) in [5.74, 6) is 2.56. The van der Waals surface area contributed by atoms with Gasteiger partial charge in [0.15, 0.2) is 5.89 Å². The lowest BCUT2D eigenvalue weighted by Crippen LogP contribution is -2.04. The van der Waals surface area contributed by atoms with Crippen molar-refractivity contribution >= 4 is 5.97 Å². The highest BCUT2D eigenvalue weighted by atomic mass is 16.5. The SMILES string of the molecule is Cc1oc(C2CCCC2)nc1CCOc1ccc2c(c1)CCC2CC(=O)O. The normalized spacial score (nSPS) is 19.4. The number of nitrogens with zero attached hydrogens (tertiary/aromatic N) is 1. The molecule has 27 heavy (non-hydrogen) atoms. The number of rotatable bonds is 7. The third-order valence-corrected chi connectivity index (χ3v) is 5.96. The van der Waals surface area contributed by atoms with E-state index in [1.807, 2.05) is 19.1 Å². The molecule has 5 heteroatoms. The molecule has 0 radical (unpaired) electrons. The second-order valence-corrected chi connectivity index (χ2v) is 7.83. The van der Waals surface area contributed by atoms with Crippen LogP contribution in [0.15, 0.2) is 22.6 Å². The maximum Gasteiger partial charge on any atom is 0.303 e. The number of fused-ring (bicyclic) bond motifs is 1. The average Bonchev–Trinajstić information content (AvgIpc) is 3.36. The number of carbonyl (C=O) groups is 1. The number of benzene rings is 1. The molecule has 1 atom stereocenters. The molecule has 0 spiro atoms. The number of carboxylic acid groups (broad SMARTS) is 1. The van der Waals surface area contributed by atoms with Crippen molar-refractivity contribution in [3.8, 4) is 5.75 Å². The van der Waals surface area contributed by atoms with Gasteiger partial charge in [-0.05, 0) is 61.8 Å². The van der Waals surface area contributed by atoms with Crippen LogP contribution in [0, 0.1) is 6.92 Å². The first-order valence-corrected chi connectivity index (χ1v) is 10.0. The Morgan fingerprint density at radius 3 is 2.89 bits per heavy atom. The zero-order chi connectivity index (χ0) is 18.8. The maximum atomic E-state index is 11.0. The predicted molar refractivity (Wildman–Crippen MR) is 101 cm³/mol. The van der Waals surface area contributed by atoms with Crippen molar-refractivity contribution < 1.29 is 19.1 Å². The number of aromatic nitrogens is 1. The van der Waals surface area contributed by atoms with Crippen molar-refractivity contribution in [3.63, 3.8) is 0 Å². The van der Waals surface area contributed by atoms with Gasteiger partial charge in [-0.15, -0.1) is 0 Å². The Bertz CT molecular complexity index is 820. The summed E-state index contributed by atoms with van der Waals surface area (Å²) in [6, 6.07) is 6.06. The van der Waals surface area contributed by atoms with Crippen molar-refractivity contribution in [2.45, 2.75) is 70.1 Å². The standard InChI is InChI=1S/C22H27NO4/c1-14-20(23-22(27-14)15-4-2-3-5-15)10-11-26-18-8-9-19-16(12-18)6-7-17(19)13-21(24)25/h8-9,12,15,17H,2-7,10-11,13H2,1H3,(H,24,25). The summed E-state index contributed by atoms with van der Waals surface area (Å²) < 4.78 is 11.8. The van der Waals surface area contributed by atoms with E-state index in [1.54, 1.807) is 0 Å². The maximum absolute atomic E-state index is 11.0. The number of hydrogen-bond donors (Lipinski definition) is 1. The summed E-state index contributed by atoms with van der Waals surface area (Å²) in [6.07, 6.45) is 7.71. The summed E-state index contributed by atoms with van der Waals surface area (Å²) in [5.41, 5.74) is 3.39.